The van der Waals surface area contributed by atoms with Crippen LogP contribution in [-0.4, -0.2) is 23.5 Å². The number of halogens is 1. The predicted octanol–water partition coefficient (Wildman–Crippen LogP) is 1.82. The molecule has 10 heteroatoms. The molecule has 21 heavy (non-hydrogen) atoms. The van der Waals surface area contributed by atoms with E-state index in [1.807, 2.05) is 0 Å². The maximum absolute atomic E-state index is 13.7. The fraction of sp³-hybridized carbons (Fsp3) is 0.182. The molecule has 1 aromatic carbocycles. The molecule has 112 valence electrons. The van der Waals surface area contributed by atoms with Crippen molar-refractivity contribution in [2.45, 2.75) is 18.2 Å². The number of hydrogen-bond acceptors (Lipinski definition) is 5. The smallest absolute Gasteiger partial charge is 0.263 e. The number of aromatic nitrogens is 2. The summed E-state index contributed by atoms with van der Waals surface area (Å²) < 4.78 is 40.1. The highest BCUT2D eigenvalue weighted by molar-refractivity contribution is 7.92. The third-order valence-electron chi connectivity index (χ3n) is 2.75. The molecule has 2 rings (SSSR count). The van der Waals surface area contributed by atoms with Crippen molar-refractivity contribution < 1.29 is 17.7 Å². The summed E-state index contributed by atoms with van der Waals surface area (Å²) in [6, 6.07) is 2.29. The van der Waals surface area contributed by atoms with Gasteiger partial charge in [-0.2, -0.15) is 5.10 Å². The molecule has 0 saturated carbocycles. The summed E-state index contributed by atoms with van der Waals surface area (Å²) in [6.45, 7) is 1.79. The van der Waals surface area contributed by atoms with Crippen LogP contribution in [0.1, 0.15) is 12.5 Å². The van der Waals surface area contributed by atoms with Gasteiger partial charge >= 0.3 is 0 Å². The van der Waals surface area contributed by atoms with E-state index >= 15 is 0 Å². The Balaban J connectivity index is 2.44. The van der Waals surface area contributed by atoms with Crippen LogP contribution >= 0.6 is 0 Å². The number of aromatic amines is 1. The van der Waals surface area contributed by atoms with Crippen molar-refractivity contribution in [1.82, 2.24) is 10.2 Å². The van der Waals surface area contributed by atoms with Crippen molar-refractivity contribution in [2.24, 2.45) is 0 Å². The summed E-state index contributed by atoms with van der Waals surface area (Å²) in [4.78, 5) is 9.06. The molecule has 0 aliphatic carbocycles. The van der Waals surface area contributed by atoms with Crippen LogP contribution in [0, 0.1) is 15.9 Å². The summed E-state index contributed by atoms with van der Waals surface area (Å²) in [6.07, 6.45) is 1.94. The summed E-state index contributed by atoms with van der Waals surface area (Å²) in [5.74, 6) is -0.978. The largest absolute Gasteiger partial charge is 0.271 e. The monoisotopic (exact) mass is 314 g/mol. The van der Waals surface area contributed by atoms with E-state index in [0.29, 0.717) is 18.1 Å². The number of benzene rings is 1. The topological polar surface area (TPSA) is 118 Å². The van der Waals surface area contributed by atoms with Crippen LogP contribution < -0.4 is 4.72 Å². The van der Waals surface area contributed by atoms with E-state index in [1.54, 1.807) is 6.92 Å². The van der Waals surface area contributed by atoms with Crippen molar-refractivity contribution in [3.63, 3.8) is 0 Å². The molecule has 0 atom stereocenters. The van der Waals surface area contributed by atoms with E-state index in [2.05, 4.69) is 14.9 Å². The quantitative estimate of drug-likeness (QED) is 0.644. The Morgan fingerprint density at radius 2 is 2.19 bits per heavy atom. The fourth-order valence-electron chi connectivity index (χ4n) is 1.67. The number of non-ortho nitro benzene ring substituents is 1. The molecule has 2 aromatic rings. The standard InChI is InChI=1S/C11H11FN4O4S/c1-2-7-6-13-14-11(7)15-21(19,20)10-5-8(16(17)18)3-4-9(10)12/h3-6H,2H2,1H3,(H2,13,14,15). The highest BCUT2D eigenvalue weighted by atomic mass is 32.2. The first-order valence-corrected chi connectivity index (χ1v) is 7.32. The SMILES string of the molecule is CCc1cn[nH]c1NS(=O)(=O)c1cc([N+](=O)[O-])ccc1F. The number of hydrogen-bond donors (Lipinski definition) is 2. The van der Waals surface area contributed by atoms with Crippen molar-refractivity contribution in [2.75, 3.05) is 4.72 Å². The van der Waals surface area contributed by atoms with Gasteiger partial charge in [0.05, 0.1) is 11.1 Å². The number of nitro groups is 1. The summed E-state index contributed by atoms with van der Waals surface area (Å²) in [7, 11) is -4.30. The molecular weight excluding hydrogens is 303 g/mol. The number of H-pyrrole nitrogens is 1. The number of nitrogens with one attached hydrogen (secondary N) is 2. The highest BCUT2D eigenvalue weighted by Gasteiger charge is 2.24. The Hall–Kier alpha value is -2.49. The van der Waals surface area contributed by atoms with Crippen molar-refractivity contribution in [3.8, 4) is 0 Å². The number of nitro benzene ring substituents is 1. The van der Waals surface area contributed by atoms with Gasteiger partial charge in [-0.05, 0) is 12.5 Å². The zero-order chi connectivity index (χ0) is 15.6. The van der Waals surface area contributed by atoms with E-state index in [1.165, 1.54) is 6.20 Å². The lowest BCUT2D eigenvalue weighted by molar-refractivity contribution is -0.385. The van der Waals surface area contributed by atoms with Gasteiger partial charge in [0.1, 0.15) is 16.5 Å². The van der Waals surface area contributed by atoms with Crippen molar-refractivity contribution >= 4 is 21.5 Å². The Kier molecular flexibility index (Phi) is 3.89. The second-order valence-electron chi connectivity index (χ2n) is 4.10. The second-order valence-corrected chi connectivity index (χ2v) is 5.75. The van der Waals surface area contributed by atoms with E-state index in [4.69, 9.17) is 0 Å². The van der Waals surface area contributed by atoms with Gasteiger partial charge in [-0.3, -0.25) is 19.9 Å². The maximum Gasteiger partial charge on any atom is 0.271 e. The number of nitrogens with zero attached hydrogens (tertiary/aromatic N) is 2. The molecule has 0 bridgehead atoms. The summed E-state index contributed by atoms with van der Waals surface area (Å²) >= 11 is 0. The minimum Gasteiger partial charge on any atom is -0.263 e. The van der Waals surface area contributed by atoms with E-state index in [0.717, 1.165) is 12.1 Å². The lowest BCUT2D eigenvalue weighted by Crippen LogP contribution is -2.16. The molecule has 0 aliphatic rings. The second kappa shape index (κ2) is 5.48. The molecule has 0 radical (unpaired) electrons. The van der Waals surface area contributed by atoms with E-state index in [9.17, 15) is 22.9 Å². The van der Waals surface area contributed by atoms with Crippen molar-refractivity contribution in [1.29, 1.82) is 0 Å². The average molecular weight is 314 g/mol. The molecule has 0 aliphatic heterocycles. The molecule has 1 aromatic heterocycles. The van der Waals surface area contributed by atoms with Gasteiger partial charge in [-0.15, -0.1) is 0 Å². The molecule has 0 unspecified atom stereocenters. The minimum atomic E-state index is -4.30. The van der Waals surface area contributed by atoms with Crippen molar-refractivity contribution in [3.05, 3.63) is 45.9 Å². The van der Waals surface area contributed by atoms with Crippen LogP contribution in [0.15, 0.2) is 29.3 Å². The zero-order valence-corrected chi connectivity index (χ0v) is 11.6. The van der Waals surface area contributed by atoms with Crippen LogP contribution in [0.2, 0.25) is 0 Å². The molecule has 2 N–H and O–H groups in total. The Morgan fingerprint density at radius 3 is 2.81 bits per heavy atom. The lowest BCUT2D eigenvalue weighted by Gasteiger charge is -2.08. The molecule has 0 amide bonds. The van der Waals surface area contributed by atoms with Crippen LogP contribution in [0.3, 0.4) is 0 Å². The minimum absolute atomic E-state index is 0.100. The van der Waals surface area contributed by atoms with E-state index in [-0.39, 0.29) is 5.82 Å². The van der Waals surface area contributed by atoms with Gasteiger partial charge in [-0.1, -0.05) is 6.92 Å². The summed E-state index contributed by atoms with van der Waals surface area (Å²) in [5.41, 5.74) is 0.0708. The summed E-state index contributed by atoms with van der Waals surface area (Å²) in [5, 5.41) is 16.8. The molecule has 0 spiro atoms. The number of sulfonamides is 1. The van der Waals surface area contributed by atoms with Gasteiger partial charge in [0.15, 0.2) is 0 Å². The Bertz CT molecular complexity index is 787. The molecule has 0 fully saturated rings. The number of anilines is 1. The lowest BCUT2D eigenvalue weighted by atomic mass is 10.3. The Labute approximate surface area is 119 Å². The number of aryl methyl sites for hydroxylation is 1. The van der Waals surface area contributed by atoms with Gasteiger partial charge < -0.3 is 0 Å². The third kappa shape index (κ3) is 2.99. The molecular formula is C11H11FN4O4S. The van der Waals surface area contributed by atoms with Crippen LogP contribution in [-0.2, 0) is 16.4 Å². The zero-order valence-electron chi connectivity index (χ0n) is 10.8. The highest BCUT2D eigenvalue weighted by Crippen LogP contribution is 2.24. The molecule has 8 nitrogen and oxygen atoms in total. The van der Waals surface area contributed by atoms with Gasteiger partial charge in [0, 0.05) is 17.7 Å². The molecule has 0 saturated heterocycles. The van der Waals surface area contributed by atoms with Crippen LogP contribution in [0.25, 0.3) is 0 Å². The fourth-order valence-corrected chi connectivity index (χ4v) is 2.82. The average Bonchev–Trinajstić information content (AvgIpc) is 2.85. The van der Waals surface area contributed by atoms with Gasteiger partial charge in [0.25, 0.3) is 15.7 Å². The first kappa shape index (κ1) is 14.9. The first-order chi connectivity index (χ1) is 9.85. The first-order valence-electron chi connectivity index (χ1n) is 5.84. The number of rotatable bonds is 5. The van der Waals surface area contributed by atoms with Gasteiger partial charge in [0.2, 0.25) is 0 Å². The molecule has 1 heterocycles. The normalized spacial score (nSPS) is 11.3. The predicted molar refractivity (Wildman–Crippen MR) is 71.8 cm³/mol. The van der Waals surface area contributed by atoms with Crippen LogP contribution in [0.5, 0.6) is 0 Å². The third-order valence-corrected chi connectivity index (χ3v) is 4.12. The van der Waals surface area contributed by atoms with Crippen LogP contribution in [0.4, 0.5) is 15.9 Å². The Morgan fingerprint density at radius 1 is 1.48 bits per heavy atom. The van der Waals surface area contributed by atoms with E-state index < -0.39 is 31.3 Å². The maximum atomic E-state index is 13.7. The van der Waals surface area contributed by atoms with Gasteiger partial charge in [-0.25, -0.2) is 12.8 Å².